The molecule has 1 aliphatic rings. The molecule has 0 unspecified atom stereocenters. The largest absolute Gasteiger partial charge is 0.459 e. The number of hydrogen-bond donors (Lipinski definition) is 1. The van der Waals surface area contributed by atoms with Crippen molar-refractivity contribution in [3.05, 3.63) is 89.6 Å². The van der Waals surface area contributed by atoms with E-state index >= 15 is 0 Å². The van der Waals surface area contributed by atoms with Gasteiger partial charge in [-0.3, -0.25) is 9.59 Å². The molecule has 0 spiro atoms. The molecule has 3 aromatic rings. The van der Waals surface area contributed by atoms with E-state index in [9.17, 15) is 9.59 Å². The Morgan fingerprint density at radius 3 is 2.63 bits per heavy atom. The number of benzene rings is 1. The number of rotatable bonds is 4. The predicted molar refractivity (Wildman–Crippen MR) is 109 cm³/mol. The summed E-state index contributed by atoms with van der Waals surface area (Å²) < 4.78 is 5.22. The summed E-state index contributed by atoms with van der Waals surface area (Å²) >= 11 is 0. The van der Waals surface area contributed by atoms with Gasteiger partial charge in [-0.2, -0.15) is 5.26 Å². The van der Waals surface area contributed by atoms with Crippen molar-refractivity contribution in [3.63, 3.8) is 0 Å². The lowest BCUT2D eigenvalue weighted by Crippen LogP contribution is -2.53. The predicted octanol–water partition coefficient (Wildman–Crippen LogP) is 2.97. The SMILES string of the molecule is N#Cc1ccc(C(=O)N2CC[C@@H](c3ccccc3)[C@@H](NC(=O)c3ccco3)C2)cn1. The standard InChI is InChI=1S/C23H20N4O3/c24-13-18-9-8-17(14-25-18)23(29)27-11-10-19(16-5-2-1-3-6-16)20(15-27)26-22(28)21-7-4-12-30-21/h1-9,12,14,19-20H,10-11,15H2,(H,26,28)/t19-,20-/m0/s1. The van der Waals surface area contributed by atoms with Gasteiger partial charge < -0.3 is 14.6 Å². The van der Waals surface area contributed by atoms with Gasteiger partial charge in [-0.1, -0.05) is 30.3 Å². The molecular formula is C23H20N4O3. The lowest BCUT2D eigenvalue weighted by atomic mass is 9.85. The van der Waals surface area contributed by atoms with Crippen LogP contribution in [0.4, 0.5) is 0 Å². The zero-order chi connectivity index (χ0) is 20.9. The average Bonchev–Trinajstić information content (AvgIpc) is 3.34. The summed E-state index contributed by atoms with van der Waals surface area (Å²) in [4.78, 5) is 31.3. The van der Waals surface area contributed by atoms with Crippen molar-refractivity contribution in [2.75, 3.05) is 13.1 Å². The second-order valence-corrected chi connectivity index (χ2v) is 7.16. The van der Waals surface area contributed by atoms with Crippen molar-refractivity contribution in [1.82, 2.24) is 15.2 Å². The molecule has 2 amide bonds. The molecule has 7 heteroatoms. The van der Waals surface area contributed by atoms with Crippen LogP contribution in [0, 0.1) is 11.3 Å². The van der Waals surface area contributed by atoms with Gasteiger partial charge in [-0.05, 0) is 36.2 Å². The van der Waals surface area contributed by atoms with E-state index in [1.807, 2.05) is 36.4 Å². The van der Waals surface area contributed by atoms with Crippen LogP contribution in [0.1, 0.15) is 44.5 Å². The van der Waals surface area contributed by atoms with E-state index < -0.39 is 0 Å². The molecule has 7 nitrogen and oxygen atoms in total. The number of nitrogens with one attached hydrogen (secondary N) is 1. The number of hydrogen-bond acceptors (Lipinski definition) is 5. The van der Waals surface area contributed by atoms with Crippen LogP contribution in [0.25, 0.3) is 0 Å². The van der Waals surface area contributed by atoms with Crippen LogP contribution in [0.3, 0.4) is 0 Å². The number of amides is 2. The zero-order valence-electron chi connectivity index (χ0n) is 16.2. The van der Waals surface area contributed by atoms with Gasteiger partial charge in [0.2, 0.25) is 0 Å². The Balaban J connectivity index is 1.55. The zero-order valence-corrected chi connectivity index (χ0v) is 16.2. The Morgan fingerprint density at radius 1 is 1.13 bits per heavy atom. The summed E-state index contributed by atoms with van der Waals surface area (Å²) in [6.07, 6.45) is 3.58. The molecule has 30 heavy (non-hydrogen) atoms. The molecule has 4 rings (SSSR count). The fourth-order valence-corrected chi connectivity index (χ4v) is 3.80. The smallest absolute Gasteiger partial charge is 0.287 e. The molecule has 1 saturated heterocycles. The van der Waals surface area contributed by atoms with Crippen molar-refractivity contribution in [3.8, 4) is 6.07 Å². The Labute approximate surface area is 173 Å². The molecule has 0 aliphatic carbocycles. The number of piperidine rings is 1. The van der Waals surface area contributed by atoms with Gasteiger partial charge >= 0.3 is 0 Å². The number of aromatic nitrogens is 1. The van der Waals surface area contributed by atoms with Gasteiger partial charge in [0, 0.05) is 25.2 Å². The van der Waals surface area contributed by atoms with Gasteiger partial charge in [-0.25, -0.2) is 4.98 Å². The first-order valence-corrected chi connectivity index (χ1v) is 9.70. The maximum absolute atomic E-state index is 13.0. The number of carbonyl (C=O) groups excluding carboxylic acids is 2. The van der Waals surface area contributed by atoms with Gasteiger partial charge in [0.05, 0.1) is 17.9 Å². The first kappa shape index (κ1) is 19.4. The van der Waals surface area contributed by atoms with Crippen LogP contribution in [0.2, 0.25) is 0 Å². The minimum Gasteiger partial charge on any atom is -0.459 e. The van der Waals surface area contributed by atoms with E-state index in [0.29, 0.717) is 25.1 Å². The number of pyridine rings is 1. The molecule has 1 aromatic carbocycles. The normalized spacial score (nSPS) is 18.4. The Hall–Kier alpha value is -3.92. The van der Waals surface area contributed by atoms with Gasteiger partial charge in [0.1, 0.15) is 11.8 Å². The third-order valence-electron chi connectivity index (χ3n) is 5.31. The summed E-state index contributed by atoms with van der Waals surface area (Å²) in [6, 6.07) is 18.1. The van der Waals surface area contributed by atoms with E-state index in [1.165, 1.54) is 18.5 Å². The first-order chi connectivity index (χ1) is 14.7. The van der Waals surface area contributed by atoms with Crippen molar-refractivity contribution in [1.29, 1.82) is 5.26 Å². The number of furan rings is 1. The second kappa shape index (κ2) is 8.62. The van der Waals surface area contributed by atoms with Crippen LogP contribution in [0.15, 0.2) is 71.5 Å². The minimum atomic E-state index is -0.305. The summed E-state index contributed by atoms with van der Waals surface area (Å²) in [5.74, 6) is -0.161. The van der Waals surface area contributed by atoms with E-state index in [1.54, 1.807) is 23.1 Å². The van der Waals surface area contributed by atoms with E-state index in [4.69, 9.17) is 9.68 Å². The molecule has 1 aliphatic heterocycles. The summed E-state index contributed by atoms with van der Waals surface area (Å²) in [5.41, 5.74) is 1.80. The van der Waals surface area contributed by atoms with Crippen molar-refractivity contribution in [2.45, 2.75) is 18.4 Å². The third-order valence-corrected chi connectivity index (χ3v) is 5.31. The Morgan fingerprint density at radius 2 is 1.97 bits per heavy atom. The highest BCUT2D eigenvalue weighted by Crippen LogP contribution is 2.29. The molecule has 0 bridgehead atoms. The van der Waals surface area contributed by atoms with Crippen LogP contribution >= 0.6 is 0 Å². The van der Waals surface area contributed by atoms with E-state index in [-0.39, 0.29) is 35.2 Å². The van der Waals surface area contributed by atoms with E-state index in [0.717, 1.165) is 5.56 Å². The van der Waals surface area contributed by atoms with Crippen LogP contribution in [0.5, 0.6) is 0 Å². The van der Waals surface area contributed by atoms with E-state index in [2.05, 4.69) is 10.3 Å². The van der Waals surface area contributed by atoms with Gasteiger partial charge in [0.25, 0.3) is 11.8 Å². The molecule has 1 N–H and O–H groups in total. The third kappa shape index (κ3) is 4.08. The summed E-state index contributed by atoms with van der Waals surface area (Å²) in [7, 11) is 0. The maximum Gasteiger partial charge on any atom is 0.287 e. The molecule has 2 aromatic heterocycles. The molecule has 2 atom stereocenters. The number of nitriles is 1. The average molecular weight is 400 g/mol. The molecule has 0 radical (unpaired) electrons. The van der Waals surface area contributed by atoms with Crippen molar-refractivity contribution >= 4 is 11.8 Å². The first-order valence-electron chi connectivity index (χ1n) is 9.70. The van der Waals surface area contributed by atoms with Gasteiger partial charge in [-0.15, -0.1) is 0 Å². The minimum absolute atomic E-state index is 0.0771. The molecule has 150 valence electrons. The maximum atomic E-state index is 13.0. The molecule has 3 heterocycles. The summed E-state index contributed by atoms with van der Waals surface area (Å²) in [6.45, 7) is 0.927. The Bertz CT molecular complexity index is 1060. The van der Waals surface area contributed by atoms with Crippen LogP contribution in [-0.2, 0) is 0 Å². The number of carbonyl (C=O) groups is 2. The highest BCUT2D eigenvalue weighted by molar-refractivity contribution is 5.94. The fraction of sp³-hybridized carbons (Fsp3) is 0.217. The molecule has 0 saturated carbocycles. The topological polar surface area (TPSA) is 99.2 Å². The number of nitrogens with zero attached hydrogens (tertiary/aromatic N) is 3. The molecular weight excluding hydrogens is 380 g/mol. The quantitative estimate of drug-likeness (QED) is 0.726. The van der Waals surface area contributed by atoms with Crippen LogP contribution < -0.4 is 5.32 Å². The highest BCUT2D eigenvalue weighted by Gasteiger charge is 2.34. The molecule has 1 fully saturated rings. The fourth-order valence-electron chi connectivity index (χ4n) is 3.80. The lowest BCUT2D eigenvalue weighted by Gasteiger charge is -2.39. The van der Waals surface area contributed by atoms with Crippen molar-refractivity contribution in [2.24, 2.45) is 0 Å². The highest BCUT2D eigenvalue weighted by atomic mass is 16.3. The lowest BCUT2D eigenvalue weighted by molar-refractivity contribution is 0.0650. The summed E-state index contributed by atoms with van der Waals surface area (Å²) in [5, 5.41) is 11.9. The second-order valence-electron chi connectivity index (χ2n) is 7.16. The monoisotopic (exact) mass is 400 g/mol. The van der Waals surface area contributed by atoms with Crippen LogP contribution in [-0.4, -0.2) is 40.8 Å². The number of likely N-dealkylation sites (tertiary alicyclic amines) is 1. The van der Waals surface area contributed by atoms with Crippen molar-refractivity contribution < 1.29 is 14.0 Å². The Kier molecular flexibility index (Phi) is 5.57. The van der Waals surface area contributed by atoms with Gasteiger partial charge in [0.15, 0.2) is 5.76 Å².